The van der Waals surface area contributed by atoms with E-state index in [-0.39, 0.29) is 48.8 Å². The minimum Gasteiger partial charge on any atom is -0.484 e. The minimum atomic E-state index is -5.00. The van der Waals surface area contributed by atoms with Crippen LogP contribution in [0.5, 0.6) is 5.75 Å². The molecular weight excluding hydrogens is 670 g/mol. The Kier molecular flexibility index (Phi) is 11.4. The largest absolute Gasteiger partial charge is 0.484 e. The first-order valence-corrected chi connectivity index (χ1v) is 15.7. The van der Waals surface area contributed by atoms with Crippen LogP contribution in [0.3, 0.4) is 0 Å². The molecule has 8 nitrogen and oxygen atoms in total. The number of hydrogen-bond donors (Lipinski definition) is 2. The molecule has 1 atom stereocenters. The molecule has 3 aromatic carbocycles. The van der Waals surface area contributed by atoms with Crippen molar-refractivity contribution in [1.29, 1.82) is 0 Å². The zero-order valence-corrected chi connectivity index (χ0v) is 26.5. The molecule has 1 aliphatic heterocycles. The van der Waals surface area contributed by atoms with Crippen molar-refractivity contribution in [3.05, 3.63) is 111 Å². The van der Waals surface area contributed by atoms with E-state index in [0.717, 1.165) is 30.0 Å². The molecule has 2 aliphatic rings. The van der Waals surface area contributed by atoms with Crippen molar-refractivity contribution in [1.82, 2.24) is 10.8 Å². The molecule has 0 radical (unpaired) electrons. The highest BCUT2D eigenvalue weighted by molar-refractivity contribution is 6.13. The Morgan fingerprint density at radius 3 is 2.26 bits per heavy atom. The highest BCUT2D eigenvalue weighted by atomic mass is 19.4. The zero-order valence-electron chi connectivity index (χ0n) is 26.5. The second kappa shape index (κ2) is 15.7. The lowest BCUT2D eigenvalue weighted by Crippen LogP contribution is -2.32. The van der Waals surface area contributed by atoms with Crippen molar-refractivity contribution in [2.75, 3.05) is 13.2 Å². The molecule has 1 saturated heterocycles. The predicted octanol–water partition coefficient (Wildman–Crippen LogP) is 7.22. The van der Waals surface area contributed by atoms with Gasteiger partial charge in [0.15, 0.2) is 18.7 Å². The van der Waals surface area contributed by atoms with Crippen molar-refractivity contribution >= 4 is 29.7 Å². The highest BCUT2D eigenvalue weighted by Gasteiger charge is 2.37. The third-order valence-electron chi connectivity index (χ3n) is 7.92. The molecule has 50 heavy (non-hydrogen) atoms. The predicted molar refractivity (Wildman–Crippen MR) is 169 cm³/mol. The molecule has 0 saturated carbocycles. The summed E-state index contributed by atoms with van der Waals surface area (Å²) in [4.78, 5) is 42.7. The number of ketones is 1. The summed E-state index contributed by atoms with van der Waals surface area (Å²) in [5.41, 5.74) is 1.47. The number of allylic oxidation sites excluding steroid dienone is 1. The number of carbonyl (C=O) groups excluding carboxylic acids is 3. The first-order valence-electron chi connectivity index (χ1n) is 15.7. The lowest BCUT2D eigenvalue weighted by molar-refractivity contribution is -0.198. The Hall–Kier alpha value is -4.95. The van der Waals surface area contributed by atoms with E-state index in [9.17, 15) is 40.7 Å². The summed E-state index contributed by atoms with van der Waals surface area (Å²) in [5.74, 6) is -1.05. The van der Waals surface area contributed by atoms with E-state index in [1.165, 1.54) is 18.2 Å². The van der Waals surface area contributed by atoms with Crippen molar-refractivity contribution in [2.24, 2.45) is 0 Å². The van der Waals surface area contributed by atoms with Crippen LogP contribution >= 0.6 is 0 Å². The monoisotopic (exact) mass is 702 g/mol. The quantitative estimate of drug-likeness (QED) is 0.132. The molecule has 1 unspecified atom stereocenters. The standard InChI is InChI=1S/C36H32F6N2O6/c37-35(38,39)27-16-24(17-28(19-27)36(40,41)42)15-26-10-9-25-18-29(11-12-30(25)34(26)47)49-21-32(46)43-20-23-6-4-22(5-7-23)8-13-31(45)44-50-33-3-1-2-14-48-33/h4-8,11-13,15-19,33H,1-3,9-10,14,20-21H2,(H,43,46)(H,44,45)/b13-8+,26-15+. The molecule has 5 rings (SSSR count). The molecule has 3 aromatic rings. The van der Waals surface area contributed by atoms with Gasteiger partial charge in [-0.2, -0.15) is 26.3 Å². The van der Waals surface area contributed by atoms with Gasteiger partial charge in [-0.3, -0.25) is 14.4 Å². The van der Waals surface area contributed by atoms with Gasteiger partial charge >= 0.3 is 12.4 Å². The van der Waals surface area contributed by atoms with E-state index in [1.807, 2.05) is 0 Å². The molecule has 14 heteroatoms. The molecule has 0 spiro atoms. The van der Waals surface area contributed by atoms with Crippen LogP contribution in [-0.2, 0) is 44.5 Å². The van der Waals surface area contributed by atoms with Gasteiger partial charge in [-0.25, -0.2) is 10.3 Å². The number of benzene rings is 3. The summed E-state index contributed by atoms with van der Waals surface area (Å²) >= 11 is 0. The second-order valence-electron chi connectivity index (χ2n) is 11.7. The van der Waals surface area contributed by atoms with Gasteiger partial charge in [0.1, 0.15) is 5.75 Å². The van der Waals surface area contributed by atoms with Crippen LogP contribution in [0.4, 0.5) is 26.3 Å². The average Bonchev–Trinajstić information content (AvgIpc) is 3.09. The van der Waals surface area contributed by atoms with Crippen molar-refractivity contribution < 1.29 is 55.0 Å². The van der Waals surface area contributed by atoms with Gasteiger partial charge in [0.2, 0.25) is 0 Å². The maximum Gasteiger partial charge on any atom is 0.416 e. The lowest BCUT2D eigenvalue weighted by atomic mass is 9.85. The van der Waals surface area contributed by atoms with E-state index < -0.39 is 47.4 Å². The number of carbonyl (C=O) groups is 3. The van der Waals surface area contributed by atoms with E-state index in [2.05, 4.69) is 10.8 Å². The smallest absolute Gasteiger partial charge is 0.416 e. The summed E-state index contributed by atoms with van der Waals surface area (Å²) in [5, 5.41) is 2.73. The van der Waals surface area contributed by atoms with Crippen LogP contribution in [0.2, 0.25) is 0 Å². The molecule has 1 aliphatic carbocycles. The molecule has 0 bridgehead atoms. The van der Waals surface area contributed by atoms with Gasteiger partial charge in [0.25, 0.3) is 11.8 Å². The number of ether oxygens (including phenoxy) is 2. The molecule has 1 heterocycles. The average molecular weight is 703 g/mol. The van der Waals surface area contributed by atoms with Crippen molar-refractivity contribution in [3.8, 4) is 5.75 Å². The third kappa shape index (κ3) is 10.0. The molecular formula is C36H32F6N2O6. The zero-order chi connectivity index (χ0) is 35.9. The third-order valence-corrected chi connectivity index (χ3v) is 7.92. The van der Waals surface area contributed by atoms with E-state index in [4.69, 9.17) is 14.3 Å². The van der Waals surface area contributed by atoms with Crippen LogP contribution in [-0.4, -0.2) is 37.1 Å². The van der Waals surface area contributed by atoms with E-state index >= 15 is 0 Å². The van der Waals surface area contributed by atoms with Gasteiger partial charge in [-0.05, 0) is 96.5 Å². The number of Topliss-reactive ketones (excluding diaryl/α,β-unsaturated/α-hetero) is 1. The normalized spacial score (nSPS) is 17.4. The molecule has 0 aromatic heterocycles. The van der Waals surface area contributed by atoms with Crippen molar-refractivity contribution in [2.45, 2.75) is 57.3 Å². The molecule has 1 fully saturated rings. The topological polar surface area (TPSA) is 103 Å². The fourth-order valence-electron chi connectivity index (χ4n) is 5.33. The Morgan fingerprint density at radius 2 is 1.60 bits per heavy atom. The van der Waals surface area contributed by atoms with E-state index in [0.29, 0.717) is 36.5 Å². The van der Waals surface area contributed by atoms with Gasteiger partial charge < -0.3 is 14.8 Å². The van der Waals surface area contributed by atoms with E-state index in [1.54, 1.807) is 36.4 Å². The Labute approximate surface area is 283 Å². The number of nitrogens with one attached hydrogen (secondary N) is 2. The summed E-state index contributed by atoms with van der Waals surface area (Å²) in [6.45, 7) is 0.491. The number of hydrogen-bond acceptors (Lipinski definition) is 6. The summed E-state index contributed by atoms with van der Waals surface area (Å²) < 4.78 is 90.6. The van der Waals surface area contributed by atoms with Crippen LogP contribution in [0.15, 0.2) is 72.3 Å². The van der Waals surface area contributed by atoms with Crippen LogP contribution in [0.25, 0.3) is 12.2 Å². The highest BCUT2D eigenvalue weighted by Crippen LogP contribution is 2.37. The number of rotatable bonds is 10. The maximum atomic E-state index is 13.3. The second-order valence-corrected chi connectivity index (χ2v) is 11.7. The summed E-state index contributed by atoms with van der Waals surface area (Å²) in [6, 6.07) is 12.8. The number of halogens is 6. The first-order chi connectivity index (χ1) is 23.7. The Balaban J connectivity index is 1.11. The number of amides is 2. The minimum absolute atomic E-state index is 0.0361. The molecule has 2 amide bonds. The lowest BCUT2D eigenvalue weighted by Gasteiger charge is -2.21. The number of aryl methyl sites for hydroxylation is 1. The van der Waals surface area contributed by atoms with Crippen LogP contribution in [0, 0.1) is 0 Å². The van der Waals surface area contributed by atoms with Gasteiger partial charge in [-0.15, -0.1) is 0 Å². The summed E-state index contributed by atoms with van der Waals surface area (Å²) in [6.07, 6.45) is -3.44. The SMILES string of the molecule is O=C(/C=C/c1ccc(CNC(=O)COc2ccc3c(c2)CC/C(=C\c2cc(C(F)(F)F)cc(C(F)(F)F)c2)C3=O)cc1)NOC1CCCCO1. The Bertz CT molecular complexity index is 1740. The number of hydroxylamine groups is 1. The molecule has 2 N–H and O–H groups in total. The Morgan fingerprint density at radius 1 is 0.880 bits per heavy atom. The van der Waals surface area contributed by atoms with Crippen molar-refractivity contribution in [3.63, 3.8) is 0 Å². The first kappa shape index (κ1) is 36.3. The van der Waals surface area contributed by atoms with Gasteiger partial charge in [-0.1, -0.05) is 24.3 Å². The maximum absolute atomic E-state index is 13.3. The van der Waals surface area contributed by atoms with Crippen LogP contribution < -0.4 is 15.5 Å². The van der Waals surface area contributed by atoms with Gasteiger partial charge in [0, 0.05) is 36.8 Å². The summed E-state index contributed by atoms with van der Waals surface area (Å²) in [7, 11) is 0. The fraction of sp³-hybridized carbons (Fsp3) is 0.306. The molecule has 264 valence electrons. The van der Waals surface area contributed by atoms with Crippen LogP contribution in [0.1, 0.15) is 69.4 Å². The number of fused-ring (bicyclic) bond motifs is 1. The fourth-order valence-corrected chi connectivity index (χ4v) is 5.33. The number of alkyl halides is 6. The van der Waals surface area contributed by atoms with Gasteiger partial charge in [0.05, 0.1) is 11.1 Å².